The van der Waals surface area contributed by atoms with Crippen molar-refractivity contribution in [2.24, 2.45) is 0 Å². The molecule has 1 aliphatic rings. The van der Waals surface area contributed by atoms with E-state index in [1.807, 2.05) is 13.0 Å². The van der Waals surface area contributed by atoms with Crippen LogP contribution < -0.4 is 10.6 Å². The van der Waals surface area contributed by atoms with Gasteiger partial charge >= 0.3 is 11.8 Å². The predicted molar refractivity (Wildman–Crippen MR) is 109 cm³/mol. The number of hydrogen-bond acceptors (Lipinski definition) is 2. The Morgan fingerprint density at radius 1 is 1.00 bits per heavy atom. The van der Waals surface area contributed by atoms with Crippen molar-refractivity contribution in [2.45, 2.75) is 45.1 Å². The van der Waals surface area contributed by atoms with Crippen LogP contribution >= 0.6 is 23.2 Å². The molecule has 0 heterocycles. The van der Waals surface area contributed by atoms with E-state index < -0.39 is 11.8 Å². The van der Waals surface area contributed by atoms with Crippen LogP contribution in [0.15, 0.2) is 36.4 Å². The van der Waals surface area contributed by atoms with Gasteiger partial charge in [0.25, 0.3) is 0 Å². The Bertz CT molecular complexity index is 867. The van der Waals surface area contributed by atoms with Crippen LogP contribution in [-0.2, 0) is 22.4 Å². The molecular weight excluding hydrogens is 383 g/mol. The third-order valence-corrected chi connectivity index (χ3v) is 5.44. The molecule has 0 radical (unpaired) electrons. The van der Waals surface area contributed by atoms with Crippen molar-refractivity contribution in [2.75, 3.05) is 5.32 Å². The molecule has 2 aromatic rings. The second-order valence-electron chi connectivity index (χ2n) is 6.75. The molecule has 3 rings (SSSR count). The van der Waals surface area contributed by atoms with Crippen molar-refractivity contribution >= 4 is 40.7 Å². The summed E-state index contributed by atoms with van der Waals surface area (Å²) in [5.41, 5.74) is 4.08. The van der Waals surface area contributed by atoms with Crippen LogP contribution in [-0.4, -0.2) is 11.8 Å². The van der Waals surface area contributed by atoms with Gasteiger partial charge in [-0.1, -0.05) is 48.3 Å². The zero-order valence-corrected chi connectivity index (χ0v) is 16.7. The molecule has 1 atom stereocenters. The molecule has 4 nitrogen and oxygen atoms in total. The minimum Gasteiger partial charge on any atom is -0.341 e. The maximum atomic E-state index is 12.4. The number of benzene rings is 2. The van der Waals surface area contributed by atoms with Crippen LogP contribution in [0.3, 0.4) is 0 Å². The minimum absolute atomic E-state index is 0.217. The molecule has 142 valence electrons. The third-order valence-electron chi connectivity index (χ3n) is 4.87. The second kappa shape index (κ2) is 8.77. The van der Waals surface area contributed by atoms with Gasteiger partial charge < -0.3 is 10.6 Å². The number of hydrogen-bond donors (Lipinski definition) is 2. The SMILES string of the molecule is CCC(NC(=O)C(=O)Nc1cc(Cl)ccc1Cl)c1ccc2c(c1)CCCC2. The minimum atomic E-state index is -0.768. The number of anilines is 1. The first-order valence-corrected chi connectivity index (χ1v) is 9.92. The van der Waals surface area contributed by atoms with E-state index in [1.165, 1.54) is 30.0 Å². The highest BCUT2D eigenvalue weighted by Gasteiger charge is 2.21. The average Bonchev–Trinajstić information content (AvgIpc) is 2.68. The smallest absolute Gasteiger partial charge is 0.313 e. The highest BCUT2D eigenvalue weighted by Crippen LogP contribution is 2.27. The van der Waals surface area contributed by atoms with Gasteiger partial charge in [-0.3, -0.25) is 9.59 Å². The van der Waals surface area contributed by atoms with Crippen LogP contribution in [0.2, 0.25) is 10.0 Å². The predicted octanol–water partition coefficient (Wildman–Crippen LogP) is 5.08. The van der Waals surface area contributed by atoms with Gasteiger partial charge in [-0.2, -0.15) is 0 Å². The van der Waals surface area contributed by atoms with E-state index in [9.17, 15) is 9.59 Å². The third kappa shape index (κ3) is 4.82. The zero-order valence-electron chi connectivity index (χ0n) is 15.1. The van der Waals surface area contributed by atoms with E-state index in [1.54, 1.807) is 12.1 Å². The van der Waals surface area contributed by atoms with Crippen molar-refractivity contribution in [3.63, 3.8) is 0 Å². The largest absolute Gasteiger partial charge is 0.341 e. The topological polar surface area (TPSA) is 58.2 Å². The van der Waals surface area contributed by atoms with E-state index >= 15 is 0 Å². The van der Waals surface area contributed by atoms with Crippen molar-refractivity contribution < 1.29 is 9.59 Å². The van der Waals surface area contributed by atoms with Gasteiger partial charge in [0.1, 0.15) is 0 Å². The summed E-state index contributed by atoms with van der Waals surface area (Å²) >= 11 is 12.0. The summed E-state index contributed by atoms with van der Waals surface area (Å²) < 4.78 is 0. The molecule has 27 heavy (non-hydrogen) atoms. The molecule has 1 unspecified atom stereocenters. The molecule has 0 aliphatic heterocycles. The first kappa shape index (κ1) is 19.7. The molecule has 1 aliphatic carbocycles. The van der Waals surface area contributed by atoms with E-state index in [2.05, 4.69) is 22.8 Å². The lowest BCUT2D eigenvalue weighted by Crippen LogP contribution is -2.37. The molecule has 6 heteroatoms. The number of amides is 2. The normalized spacial score (nSPS) is 14.2. The summed E-state index contributed by atoms with van der Waals surface area (Å²) in [5, 5.41) is 6.08. The number of aryl methyl sites for hydroxylation is 2. The number of nitrogens with one attached hydrogen (secondary N) is 2. The van der Waals surface area contributed by atoms with E-state index in [0.29, 0.717) is 22.2 Å². The van der Waals surface area contributed by atoms with Crippen LogP contribution in [0.4, 0.5) is 5.69 Å². The van der Waals surface area contributed by atoms with Gasteiger partial charge in [0.15, 0.2) is 0 Å². The first-order valence-electron chi connectivity index (χ1n) is 9.16. The van der Waals surface area contributed by atoms with E-state index in [4.69, 9.17) is 23.2 Å². The Morgan fingerprint density at radius 3 is 2.48 bits per heavy atom. The van der Waals surface area contributed by atoms with Crippen LogP contribution in [0.1, 0.15) is 48.9 Å². The number of halogens is 2. The quantitative estimate of drug-likeness (QED) is 0.698. The monoisotopic (exact) mass is 404 g/mol. The Hall–Kier alpha value is -2.04. The van der Waals surface area contributed by atoms with E-state index in [-0.39, 0.29) is 6.04 Å². The Kier molecular flexibility index (Phi) is 6.40. The molecule has 0 bridgehead atoms. The Labute approximate surface area is 169 Å². The molecule has 0 saturated carbocycles. The Morgan fingerprint density at radius 2 is 1.74 bits per heavy atom. The molecule has 2 N–H and O–H groups in total. The molecular formula is C21H22Cl2N2O2. The summed E-state index contributed by atoms with van der Waals surface area (Å²) in [6, 6.07) is 10.8. The number of carbonyl (C=O) groups is 2. The maximum Gasteiger partial charge on any atom is 0.313 e. The highest BCUT2D eigenvalue weighted by atomic mass is 35.5. The number of carbonyl (C=O) groups excluding carboxylic acids is 2. The highest BCUT2D eigenvalue weighted by molar-refractivity contribution is 6.42. The summed E-state index contributed by atoms with van der Waals surface area (Å²) in [5.74, 6) is -1.47. The molecule has 2 amide bonds. The van der Waals surface area contributed by atoms with Crippen LogP contribution in [0, 0.1) is 0 Å². The molecule has 0 fully saturated rings. The fraction of sp³-hybridized carbons (Fsp3) is 0.333. The van der Waals surface area contributed by atoms with Gasteiger partial charge in [-0.15, -0.1) is 0 Å². The summed E-state index contributed by atoms with van der Waals surface area (Å²) in [6.07, 6.45) is 5.30. The van der Waals surface area contributed by atoms with Crippen molar-refractivity contribution in [1.82, 2.24) is 5.32 Å². The standard InChI is InChI=1S/C21H22Cl2N2O2/c1-2-18(15-8-7-13-5-3-4-6-14(13)11-15)24-20(26)21(27)25-19-12-16(22)9-10-17(19)23/h7-12,18H,2-6H2,1H3,(H,24,26)(H,25,27). The summed E-state index contributed by atoms with van der Waals surface area (Å²) in [4.78, 5) is 24.6. The van der Waals surface area contributed by atoms with Gasteiger partial charge in [0.2, 0.25) is 0 Å². The number of fused-ring (bicyclic) bond motifs is 1. The fourth-order valence-electron chi connectivity index (χ4n) is 3.39. The van der Waals surface area contributed by atoms with E-state index in [0.717, 1.165) is 18.4 Å². The van der Waals surface area contributed by atoms with Crippen molar-refractivity contribution in [3.8, 4) is 0 Å². The fourth-order valence-corrected chi connectivity index (χ4v) is 3.72. The molecule has 0 aromatic heterocycles. The molecule has 0 saturated heterocycles. The zero-order chi connectivity index (χ0) is 19.4. The maximum absolute atomic E-state index is 12.4. The lowest BCUT2D eigenvalue weighted by atomic mass is 9.89. The van der Waals surface area contributed by atoms with Gasteiger partial charge in [0, 0.05) is 5.02 Å². The van der Waals surface area contributed by atoms with Gasteiger partial charge in [-0.05, 0) is 67.0 Å². The van der Waals surface area contributed by atoms with Crippen LogP contribution in [0.5, 0.6) is 0 Å². The molecule has 2 aromatic carbocycles. The summed E-state index contributed by atoms with van der Waals surface area (Å²) in [6.45, 7) is 1.98. The summed E-state index contributed by atoms with van der Waals surface area (Å²) in [7, 11) is 0. The van der Waals surface area contributed by atoms with Gasteiger partial charge in [-0.25, -0.2) is 0 Å². The molecule has 0 spiro atoms. The lowest BCUT2D eigenvalue weighted by molar-refractivity contribution is -0.136. The van der Waals surface area contributed by atoms with Crippen molar-refractivity contribution in [1.29, 1.82) is 0 Å². The second-order valence-corrected chi connectivity index (χ2v) is 7.59. The van der Waals surface area contributed by atoms with Gasteiger partial charge in [0.05, 0.1) is 16.8 Å². The number of rotatable bonds is 4. The van der Waals surface area contributed by atoms with Crippen molar-refractivity contribution in [3.05, 3.63) is 63.1 Å². The Balaban J connectivity index is 1.69. The average molecular weight is 405 g/mol. The first-order chi connectivity index (χ1) is 13.0. The lowest BCUT2D eigenvalue weighted by Gasteiger charge is -2.21. The van der Waals surface area contributed by atoms with Crippen LogP contribution in [0.25, 0.3) is 0 Å².